The van der Waals surface area contributed by atoms with Crippen LogP contribution in [0, 0.1) is 17.8 Å². The Bertz CT molecular complexity index is 363. The summed E-state index contributed by atoms with van der Waals surface area (Å²) in [6, 6.07) is 0. The molecule has 5 atom stereocenters. The highest BCUT2D eigenvalue weighted by molar-refractivity contribution is 5.88. The molecule has 3 nitrogen and oxygen atoms in total. The fraction of sp³-hybridized carbons (Fsp3) is 0.833. The summed E-state index contributed by atoms with van der Waals surface area (Å²) in [7, 11) is 0. The van der Waals surface area contributed by atoms with E-state index >= 15 is 0 Å². The number of carbonyl (C=O) groups excluding carboxylic acids is 1. The number of hydrogen-bond acceptors (Lipinski definition) is 3. The number of ketones is 1. The zero-order valence-electron chi connectivity index (χ0n) is 13.2. The van der Waals surface area contributed by atoms with Crippen molar-refractivity contribution >= 4 is 5.78 Å². The highest BCUT2D eigenvalue weighted by Crippen LogP contribution is 2.47. The lowest BCUT2D eigenvalue weighted by Crippen LogP contribution is -2.38. The summed E-state index contributed by atoms with van der Waals surface area (Å²) in [5, 5.41) is 20.1. The van der Waals surface area contributed by atoms with Crippen LogP contribution in [0.4, 0.5) is 0 Å². The monoisotopic (exact) mass is 294 g/mol. The van der Waals surface area contributed by atoms with E-state index in [1.807, 2.05) is 12.2 Å². The SMILES string of the molecule is CCCCCCCCC(O)C=CC1C[C@@H]2C(=O)C[C@H]2C1O. The number of hydrogen-bond donors (Lipinski definition) is 2. The van der Waals surface area contributed by atoms with Crippen LogP contribution in [0.5, 0.6) is 0 Å². The first kappa shape index (κ1) is 16.7. The summed E-state index contributed by atoms with van der Waals surface area (Å²) >= 11 is 0. The summed E-state index contributed by atoms with van der Waals surface area (Å²) in [4.78, 5) is 11.4. The van der Waals surface area contributed by atoms with Crippen LogP contribution in [0.1, 0.15) is 64.7 Å². The first-order valence-corrected chi connectivity index (χ1v) is 8.70. The van der Waals surface area contributed by atoms with Gasteiger partial charge in [0.1, 0.15) is 5.78 Å². The van der Waals surface area contributed by atoms with E-state index in [1.54, 1.807) is 0 Å². The second kappa shape index (κ2) is 8.09. The molecule has 0 radical (unpaired) electrons. The van der Waals surface area contributed by atoms with Gasteiger partial charge in [-0.05, 0) is 12.8 Å². The van der Waals surface area contributed by atoms with Gasteiger partial charge in [-0.15, -0.1) is 0 Å². The van der Waals surface area contributed by atoms with Crippen molar-refractivity contribution in [3.8, 4) is 0 Å². The molecule has 3 unspecified atom stereocenters. The van der Waals surface area contributed by atoms with E-state index in [1.165, 1.54) is 32.1 Å². The molecule has 0 heterocycles. The minimum absolute atomic E-state index is 0.0608. The summed E-state index contributed by atoms with van der Waals surface area (Å²) in [5.41, 5.74) is 0. The Kier molecular flexibility index (Phi) is 6.43. The van der Waals surface area contributed by atoms with E-state index in [2.05, 4.69) is 6.92 Å². The molecular formula is C18H30O3. The Balaban J connectivity index is 1.61. The van der Waals surface area contributed by atoms with E-state index in [0.717, 1.165) is 19.3 Å². The number of carbonyl (C=O) groups is 1. The lowest BCUT2D eigenvalue weighted by Gasteiger charge is -2.30. The van der Waals surface area contributed by atoms with Gasteiger partial charge in [-0.1, -0.05) is 57.6 Å². The third-order valence-electron chi connectivity index (χ3n) is 5.20. The molecule has 3 heteroatoms. The minimum Gasteiger partial charge on any atom is -0.392 e. The van der Waals surface area contributed by atoms with Crippen LogP contribution in [0.15, 0.2) is 12.2 Å². The average Bonchev–Trinajstić information content (AvgIpc) is 2.72. The number of fused-ring (bicyclic) bond motifs is 1. The highest BCUT2D eigenvalue weighted by Gasteiger charge is 2.51. The first-order chi connectivity index (χ1) is 10.1. The van der Waals surface area contributed by atoms with Crippen molar-refractivity contribution in [2.24, 2.45) is 17.8 Å². The average molecular weight is 294 g/mol. The molecule has 0 aromatic carbocycles. The number of Topliss-reactive ketones (excluding diaryl/α,β-unsaturated/α-hetero) is 1. The van der Waals surface area contributed by atoms with Crippen molar-refractivity contribution < 1.29 is 15.0 Å². The van der Waals surface area contributed by atoms with Gasteiger partial charge in [0.15, 0.2) is 0 Å². The van der Waals surface area contributed by atoms with Crippen LogP contribution in [0.2, 0.25) is 0 Å². The maximum absolute atomic E-state index is 11.4. The maximum Gasteiger partial charge on any atom is 0.136 e. The van der Waals surface area contributed by atoms with Gasteiger partial charge in [0, 0.05) is 24.2 Å². The minimum atomic E-state index is -0.405. The van der Waals surface area contributed by atoms with Crippen LogP contribution in [0.25, 0.3) is 0 Å². The van der Waals surface area contributed by atoms with Crippen LogP contribution >= 0.6 is 0 Å². The molecule has 2 rings (SSSR count). The van der Waals surface area contributed by atoms with Crippen molar-refractivity contribution in [3.05, 3.63) is 12.2 Å². The zero-order chi connectivity index (χ0) is 15.2. The summed E-state index contributed by atoms with van der Waals surface area (Å²) in [6.45, 7) is 2.21. The molecule has 0 saturated heterocycles. The molecule has 21 heavy (non-hydrogen) atoms. The Morgan fingerprint density at radius 2 is 1.95 bits per heavy atom. The lowest BCUT2D eigenvalue weighted by atomic mass is 9.74. The quantitative estimate of drug-likeness (QED) is 0.507. The Labute approximate surface area is 128 Å². The number of aliphatic hydroxyl groups is 2. The van der Waals surface area contributed by atoms with Gasteiger partial charge in [0.2, 0.25) is 0 Å². The molecule has 2 saturated carbocycles. The van der Waals surface area contributed by atoms with E-state index in [9.17, 15) is 15.0 Å². The van der Waals surface area contributed by atoms with Crippen molar-refractivity contribution in [1.82, 2.24) is 0 Å². The molecule has 2 aliphatic rings. The highest BCUT2D eigenvalue weighted by atomic mass is 16.3. The van der Waals surface area contributed by atoms with E-state index < -0.39 is 6.10 Å². The summed E-state index contributed by atoms with van der Waals surface area (Å²) in [5.74, 6) is 0.640. The van der Waals surface area contributed by atoms with Gasteiger partial charge in [-0.3, -0.25) is 4.79 Å². The van der Waals surface area contributed by atoms with Crippen LogP contribution in [0.3, 0.4) is 0 Å². The number of unbranched alkanes of at least 4 members (excludes halogenated alkanes) is 5. The fourth-order valence-corrected chi connectivity index (χ4v) is 3.71. The lowest BCUT2D eigenvalue weighted by molar-refractivity contribution is -0.135. The third-order valence-corrected chi connectivity index (χ3v) is 5.20. The standard InChI is InChI=1S/C18H30O3/c1-2-3-4-5-6-7-8-14(19)10-9-13-11-15-16(18(13)21)12-17(15)20/h9-10,13-16,18-19,21H,2-8,11-12H2,1H3/t13?,14?,15-,16+,18?/m0/s1. The van der Waals surface area contributed by atoms with Crippen molar-refractivity contribution in [3.63, 3.8) is 0 Å². The van der Waals surface area contributed by atoms with Gasteiger partial charge in [0.25, 0.3) is 0 Å². The molecule has 2 fully saturated rings. The van der Waals surface area contributed by atoms with Gasteiger partial charge < -0.3 is 10.2 Å². The van der Waals surface area contributed by atoms with E-state index in [4.69, 9.17) is 0 Å². The smallest absolute Gasteiger partial charge is 0.136 e. The number of aliphatic hydroxyl groups excluding tert-OH is 2. The molecule has 2 aliphatic carbocycles. The van der Waals surface area contributed by atoms with Gasteiger partial charge in [0.05, 0.1) is 12.2 Å². The van der Waals surface area contributed by atoms with Crippen molar-refractivity contribution in [2.75, 3.05) is 0 Å². The predicted octanol–water partition coefficient (Wildman–Crippen LogP) is 3.24. The normalized spacial score (nSPS) is 33.2. The molecule has 120 valence electrons. The molecule has 0 bridgehead atoms. The van der Waals surface area contributed by atoms with Crippen LogP contribution < -0.4 is 0 Å². The molecule has 0 spiro atoms. The molecule has 0 aromatic heterocycles. The Morgan fingerprint density at radius 3 is 2.62 bits per heavy atom. The van der Waals surface area contributed by atoms with Gasteiger partial charge in [-0.25, -0.2) is 0 Å². The summed E-state index contributed by atoms with van der Waals surface area (Å²) in [6.07, 6.45) is 12.5. The predicted molar refractivity (Wildman–Crippen MR) is 83.9 cm³/mol. The zero-order valence-corrected chi connectivity index (χ0v) is 13.2. The molecular weight excluding hydrogens is 264 g/mol. The third kappa shape index (κ3) is 4.40. The topological polar surface area (TPSA) is 57.5 Å². The van der Waals surface area contributed by atoms with Crippen LogP contribution in [-0.2, 0) is 4.79 Å². The van der Waals surface area contributed by atoms with Gasteiger partial charge >= 0.3 is 0 Å². The van der Waals surface area contributed by atoms with E-state index in [0.29, 0.717) is 12.2 Å². The molecule has 0 aromatic rings. The maximum atomic E-state index is 11.4. The fourth-order valence-electron chi connectivity index (χ4n) is 3.71. The second-order valence-electron chi connectivity index (χ2n) is 6.84. The Morgan fingerprint density at radius 1 is 1.24 bits per heavy atom. The first-order valence-electron chi connectivity index (χ1n) is 8.70. The number of rotatable bonds is 9. The largest absolute Gasteiger partial charge is 0.392 e. The molecule has 0 aliphatic heterocycles. The van der Waals surface area contributed by atoms with E-state index in [-0.39, 0.29) is 23.9 Å². The second-order valence-corrected chi connectivity index (χ2v) is 6.84. The molecule has 2 N–H and O–H groups in total. The Hall–Kier alpha value is -0.670. The van der Waals surface area contributed by atoms with Crippen molar-refractivity contribution in [1.29, 1.82) is 0 Å². The molecule has 0 amide bonds. The van der Waals surface area contributed by atoms with Crippen LogP contribution in [-0.4, -0.2) is 28.2 Å². The van der Waals surface area contributed by atoms with Gasteiger partial charge in [-0.2, -0.15) is 0 Å². The van der Waals surface area contributed by atoms with Crippen molar-refractivity contribution in [2.45, 2.75) is 76.9 Å². The summed E-state index contributed by atoms with van der Waals surface area (Å²) < 4.78 is 0.